The number of hydrogen-bond acceptors (Lipinski definition) is 5. The van der Waals surface area contributed by atoms with Crippen LogP contribution in [-0.4, -0.2) is 25.7 Å². The van der Waals surface area contributed by atoms with Gasteiger partial charge in [0.2, 0.25) is 0 Å². The Bertz CT molecular complexity index is 783. The zero-order chi connectivity index (χ0) is 15.6. The van der Waals surface area contributed by atoms with Gasteiger partial charge in [-0.2, -0.15) is 0 Å². The third-order valence-corrected chi connectivity index (χ3v) is 4.96. The second kappa shape index (κ2) is 5.79. The summed E-state index contributed by atoms with van der Waals surface area (Å²) in [5, 5.41) is 8.88. The fraction of sp³-hybridized carbons (Fsp3) is 0.0714. The van der Waals surface area contributed by atoms with Crippen molar-refractivity contribution in [2.45, 2.75) is 14.7 Å². The molecule has 2 rings (SSSR count). The van der Waals surface area contributed by atoms with Crippen molar-refractivity contribution in [2.75, 3.05) is 12.0 Å². The van der Waals surface area contributed by atoms with E-state index < -0.39 is 15.8 Å². The van der Waals surface area contributed by atoms with Crippen LogP contribution in [0.2, 0.25) is 0 Å². The first kappa shape index (κ1) is 15.4. The van der Waals surface area contributed by atoms with E-state index in [9.17, 15) is 13.2 Å². The zero-order valence-electron chi connectivity index (χ0n) is 11.1. The molecule has 7 heteroatoms. The third kappa shape index (κ3) is 3.77. The summed E-state index contributed by atoms with van der Waals surface area (Å²) in [7, 11) is -3.21. The smallest absolute Gasteiger partial charge is 0.335 e. The first-order valence-corrected chi connectivity index (χ1v) is 8.59. The number of sulfone groups is 1. The molecule has 0 aromatic heterocycles. The lowest BCUT2D eigenvalue weighted by Crippen LogP contribution is -1.98. The molecular weight excluding hydrogens is 310 g/mol. The van der Waals surface area contributed by atoms with E-state index in [0.29, 0.717) is 10.6 Å². The molecule has 0 saturated carbocycles. The highest BCUT2D eigenvalue weighted by Gasteiger charge is 2.09. The Morgan fingerprint density at radius 1 is 1.14 bits per heavy atom. The van der Waals surface area contributed by atoms with Crippen LogP contribution in [0.25, 0.3) is 0 Å². The minimum atomic E-state index is -3.21. The zero-order valence-corrected chi connectivity index (χ0v) is 12.7. The van der Waals surface area contributed by atoms with Crippen LogP contribution in [0.5, 0.6) is 0 Å². The van der Waals surface area contributed by atoms with E-state index in [4.69, 9.17) is 10.8 Å². The summed E-state index contributed by atoms with van der Waals surface area (Å²) in [5.41, 5.74) is 6.32. The monoisotopic (exact) mass is 323 g/mol. The number of carboxylic acid groups (broad SMARTS) is 1. The fourth-order valence-electron chi connectivity index (χ4n) is 1.66. The lowest BCUT2D eigenvalue weighted by atomic mass is 10.2. The number of rotatable bonds is 4. The molecule has 0 radical (unpaired) electrons. The Kier molecular flexibility index (Phi) is 4.24. The largest absolute Gasteiger partial charge is 0.478 e. The first-order chi connectivity index (χ1) is 9.77. The van der Waals surface area contributed by atoms with Gasteiger partial charge in [-0.3, -0.25) is 0 Å². The van der Waals surface area contributed by atoms with Gasteiger partial charge >= 0.3 is 5.97 Å². The molecule has 0 aliphatic rings. The van der Waals surface area contributed by atoms with Crippen molar-refractivity contribution in [1.29, 1.82) is 0 Å². The number of carboxylic acids is 1. The number of aromatic carboxylic acids is 1. The van der Waals surface area contributed by atoms with Gasteiger partial charge in [0.1, 0.15) is 0 Å². The lowest BCUT2D eigenvalue weighted by molar-refractivity contribution is 0.0697. The second-order valence-corrected chi connectivity index (χ2v) is 7.53. The van der Waals surface area contributed by atoms with Crippen LogP contribution in [0.4, 0.5) is 5.69 Å². The van der Waals surface area contributed by atoms with E-state index in [2.05, 4.69) is 0 Å². The molecule has 0 amide bonds. The normalized spacial score (nSPS) is 11.3. The Morgan fingerprint density at radius 2 is 1.76 bits per heavy atom. The van der Waals surface area contributed by atoms with Crippen molar-refractivity contribution in [3.05, 3.63) is 48.0 Å². The van der Waals surface area contributed by atoms with Crippen molar-refractivity contribution < 1.29 is 18.3 Å². The maximum Gasteiger partial charge on any atom is 0.335 e. The summed E-state index contributed by atoms with van der Waals surface area (Å²) in [4.78, 5) is 12.6. The summed E-state index contributed by atoms with van der Waals surface area (Å²) >= 11 is 1.34. The van der Waals surface area contributed by atoms with E-state index in [0.717, 1.165) is 11.2 Å². The topological polar surface area (TPSA) is 97.5 Å². The average molecular weight is 323 g/mol. The molecule has 0 unspecified atom stereocenters. The predicted octanol–water partition coefficient (Wildman–Crippen LogP) is 2.52. The first-order valence-electron chi connectivity index (χ1n) is 5.88. The van der Waals surface area contributed by atoms with Gasteiger partial charge in [0.25, 0.3) is 0 Å². The Hall–Kier alpha value is -1.99. The highest BCUT2D eigenvalue weighted by atomic mass is 32.2. The van der Waals surface area contributed by atoms with Crippen molar-refractivity contribution >= 4 is 33.3 Å². The van der Waals surface area contributed by atoms with Crippen LogP contribution in [0, 0.1) is 0 Å². The summed E-state index contributed by atoms with van der Waals surface area (Å²) in [6.07, 6.45) is 1.15. The number of benzene rings is 2. The molecule has 5 nitrogen and oxygen atoms in total. The SMILES string of the molecule is CS(=O)(=O)c1ccc(Sc2ccc(C(=O)O)cc2N)cc1. The lowest BCUT2D eigenvalue weighted by Gasteiger charge is -2.07. The molecular formula is C14H13NO4S2. The third-order valence-electron chi connectivity index (χ3n) is 2.74. The second-order valence-electron chi connectivity index (χ2n) is 4.40. The van der Waals surface area contributed by atoms with Gasteiger partial charge in [-0.15, -0.1) is 0 Å². The van der Waals surface area contributed by atoms with Crippen LogP contribution in [0.3, 0.4) is 0 Å². The molecule has 0 aliphatic carbocycles. The van der Waals surface area contributed by atoms with Crippen LogP contribution in [0.1, 0.15) is 10.4 Å². The van der Waals surface area contributed by atoms with Gasteiger partial charge in [0, 0.05) is 21.7 Å². The van der Waals surface area contributed by atoms with Gasteiger partial charge in [-0.25, -0.2) is 13.2 Å². The van der Waals surface area contributed by atoms with Crippen LogP contribution >= 0.6 is 11.8 Å². The number of nitrogens with two attached hydrogens (primary N) is 1. The van der Waals surface area contributed by atoms with E-state index >= 15 is 0 Å². The molecule has 0 atom stereocenters. The summed E-state index contributed by atoms with van der Waals surface area (Å²) in [6, 6.07) is 10.9. The van der Waals surface area contributed by atoms with Gasteiger partial charge in [0.15, 0.2) is 9.84 Å². The molecule has 0 heterocycles. The number of hydrogen-bond donors (Lipinski definition) is 2. The predicted molar refractivity (Wildman–Crippen MR) is 81.5 cm³/mol. The van der Waals surface area contributed by atoms with Crippen LogP contribution in [0.15, 0.2) is 57.2 Å². The van der Waals surface area contributed by atoms with Gasteiger partial charge in [-0.05, 0) is 42.5 Å². The molecule has 3 N–H and O–H groups in total. The average Bonchev–Trinajstić information content (AvgIpc) is 2.40. The summed E-state index contributed by atoms with van der Waals surface area (Å²) in [5.74, 6) is -1.03. The Labute approximate surface area is 126 Å². The van der Waals surface area contributed by atoms with Crippen molar-refractivity contribution in [3.8, 4) is 0 Å². The van der Waals surface area contributed by atoms with Crippen molar-refractivity contribution in [1.82, 2.24) is 0 Å². The summed E-state index contributed by atoms with van der Waals surface area (Å²) < 4.78 is 22.8. The summed E-state index contributed by atoms with van der Waals surface area (Å²) in [6.45, 7) is 0. The highest BCUT2D eigenvalue weighted by Crippen LogP contribution is 2.33. The molecule has 21 heavy (non-hydrogen) atoms. The molecule has 0 bridgehead atoms. The Balaban J connectivity index is 2.24. The number of carbonyl (C=O) groups is 1. The Morgan fingerprint density at radius 3 is 2.24 bits per heavy atom. The molecule has 110 valence electrons. The van der Waals surface area contributed by atoms with E-state index in [1.807, 2.05) is 0 Å². The van der Waals surface area contributed by atoms with E-state index in [1.165, 1.54) is 36.0 Å². The van der Waals surface area contributed by atoms with E-state index in [-0.39, 0.29) is 10.5 Å². The molecule has 0 saturated heterocycles. The minimum Gasteiger partial charge on any atom is -0.478 e. The highest BCUT2D eigenvalue weighted by molar-refractivity contribution is 7.99. The minimum absolute atomic E-state index is 0.129. The van der Waals surface area contributed by atoms with Gasteiger partial charge < -0.3 is 10.8 Å². The molecule has 0 fully saturated rings. The maximum atomic E-state index is 11.4. The van der Waals surface area contributed by atoms with Gasteiger partial charge in [0.05, 0.1) is 10.5 Å². The standard InChI is InChI=1S/C14H13NO4S2/c1-21(18,19)11-5-3-10(4-6-11)20-13-7-2-9(14(16)17)8-12(13)15/h2-8H,15H2,1H3,(H,16,17). The quantitative estimate of drug-likeness (QED) is 0.839. The van der Waals surface area contributed by atoms with Crippen LogP contribution in [-0.2, 0) is 9.84 Å². The van der Waals surface area contributed by atoms with Crippen LogP contribution < -0.4 is 5.73 Å². The van der Waals surface area contributed by atoms with E-state index in [1.54, 1.807) is 18.2 Å². The van der Waals surface area contributed by atoms with Crippen molar-refractivity contribution in [2.24, 2.45) is 0 Å². The molecule has 0 aliphatic heterocycles. The maximum absolute atomic E-state index is 11.4. The van der Waals surface area contributed by atoms with Crippen molar-refractivity contribution in [3.63, 3.8) is 0 Å². The molecule has 0 spiro atoms. The molecule has 2 aromatic rings. The number of nitrogen functional groups attached to an aromatic ring is 1. The molecule has 2 aromatic carbocycles. The number of anilines is 1. The van der Waals surface area contributed by atoms with Gasteiger partial charge in [-0.1, -0.05) is 11.8 Å². The fourth-order valence-corrected chi connectivity index (χ4v) is 3.13.